The molecular weight excluding hydrogens is 294 g/mol. The van der Waals surface area contributed by atoms with Crippen LogP contribution in [0.15, 0.2) is 41.4 Å². The Labute approximate surface area is 121 Å². The largest absolute Gasteiger partial charge is 0.506 e. The first kappa shape index (κ1) is 14.6. The van der Waals surface area contributed by atoms with Crippen LogP contribution in [0.4, 0.5) is 5.69 Å². The lowest BCUT2D eigenvalue weighted by Crippen LogP contribution is -2.15. The van der Waals surface area contributed by atoms with Crippen LogP contribution < -0.4 is 9.46 Å². The third-order valence-electron chi connectivity index (χ3n) is 2.63. The number of benzene rings is 1. The lowest BCUT2D eigenvalue weighted by molar-refractivity contribution is 0.411. The molecule has 1 aromatic heterocycles. The molecule has 2 aromatic rings. The summed E-state index contributed by atoms with van der Waals surface area (Å²) in [5.41, 5.74) is -0.341. The van der Waals surface area contributed by atoms with E-state index in [-0.39, 0.29) is 27.8 Å². The SMILES string of the molecule is COc1cccc(O)c1NS(=O)(=O)c1cccnc1C#N. The van der Waals surface area contributed by atoms with Gasteiger partial charge < -0.3 is 9.84 Å². The fraction of sp³-hybridized carbons (Fsp3) is 0.0769. The summed E-state index contributed by atoms with van der Waals surface area (Å²) in [5.74, 6) is -0.138. The predicted molar refractivity (Wildman–Crippen MR) is 74.4 cm³/mol. The van der Waals surface area contributed by atoms with Gasteiger partial charge in [0.1, 0.15) is 28.2 Å². The van der Waals surface area contributed by atoms with Crippen LogP contribution in [-0.4, -0.2) is 25.6 Å². The first-order chi connectivity index (χ1) is 9.99. The van der Waals surface area contributed by atoms with Gasteiger partial charge in [0.25, 0.3) is 10.0 Å². The van der Waals surface area contributed by atoms with Crippen molar-refractivity contribution in [1.29, 1.82) is 5.26 Å². The van der Waals surface area contributed by atoms with E-state index in [0.29, 0.717) is 0 Å². The Morgan fingerprint density at radius 1 is 1.33 bits per heavy atom. The molecule has 0 fully saturated rings. The van der Waals surface area contributed by atoms with Crippen molar-refractivity contribution >= 4 is 15.7 Å². The molecule has 2 rings (SSSR count). The molecule has 108 valence electrons. The lowest BCUT2D eigenvalue weighted by atomic mass is 10.3. The Hall–Kier alpha value is -2.79. The Balaban J connectivity index is 2.51. The zero-order valence-electron chi connectivity index (χ0n) is 10.9. The van der Waals surface area contributed by atoms with Gasteiger partial charge in [0.15, 0.2) is 5.69 Å². The number of nitrogens with zero attached hydrogens (tertiary/aromatic N) is 2. The van der Waals surface area contributed by atoms with Crippen LogP contribution in [0.3, 0.4) is 0 Å². The minimum atomic E-state index is -4.09. The van der Waals surface area contributed by atoms with E-state index in [1.54, 1.807) is 6.07 Å². The number of ether oxygens (including phenoxy) is 1. The van der Waals surface area contributed by atoms with E-state index in [4.69, 9.17) is 10.00 Å². The Morgan fingerprint density at radius 3 is 2.76 bits per heavy atom. The molecule has 0 amide bonds. The average molecular weight is 305 g/mol. The van der Waals surface area contributed by atoms with Gasteiger partial charge in [-0.25, -0.2) is 13.4 Å². The summed E-state index contributed by atoms with van der Waals surface area (Å²) in [4.78, 5) is 3.42. The molecular formula is C13H11N3O4S. The molecule has 1 aromatic carbocycles. The summed E-state index contributed by atoms with van der Waals surface area (Å²) in [5, 5.41) is 18.7. The summed E-state index contributed by atoms with van der Waals surface area (Å²) in [6.07, 6.45) is 1.32. The number of sulfonamides is 1. The van der Waals surface area contributed by atoms with Gasteiger partial charge in [-0.15, -0.1) is 0 Å². The summed E-state index contributed by atoms with van der Waals surface area (Å²) < 4.78 is 31.9. The van der Waals surface area contributed by atoms with Crippen molar-refractivity contribution in [1.82, 2.24) is 4.98 Å². The van der Waals surface area contributed by atoms with Gasteiger partial charge in [-0.05, 0) is 24.3 Å². The second-order valence-electron chi connectivity index (χ2n) is 3.92. The van der Waals surface area contributed by atoms with E-state index in [2.05, 4.69) is 9.71 Å². The molecule has 0 radical (unpaired) electrons. The first-order valence-electron chi connectivity index (χ1n) is 5.73. The van der Waals surface area contributed by atoms with E-state index in [1.807, 2.05) is 0 Å². The number of nitrogens with one attached hydrogen (secondary N) is 1. The van der Waals surface area contributed by atoms with Crippen molar-refractivity contribution in [3.8, 4) is 17.6 Å². The molecule has 0 spiro atoms. The number of para-hydroxylation sites is 1. The molecule has 0 aliphatic rings. The number of phenols is 1. The van der Waals surface area contributed by atoms with Gasteiger partial charge >= 0.3 is 0 Å². The fourth-order valence-corrected chi connectivity index (χ4v) is 2.87. The van der Waals surface area contributed by atoms with Crippen molar-refractivity contribution in [3.05, 3.63) is 42.2 Å². The van der Waals surface area contributed by atoms with E-state index in [1.165, 1.54) is 43.6 Å². The van der Waals surface area contributed by atoms with Gasteiger partial charge in [0.2, 0.25) is 0 Å². The van der Waals surface area contributed by atoms with Crippen molar-refractivity contribution in [2.45, 2.75) is 4.90 Å². The quantitative estimate of drug-likeness (QED) is 0.827. The van der Waals surface area contributed by atoms with Crippen LogP contribution >= 0.6 is 0 Å². The molecule has 0 atom stereocenters. The molecule has 0 bridgehead atoms. The van der Waals surface area contributed by atoms with E-state index in [0.717, 1.165) is 0 Å². The van der Waals surface area contributed by atoms with Crippen LogP contribution in [0.1, 0.15) is 5.69 Å². The average Bonchev–Trinajstić information content (AvgIpc) is 2.49. The number of pyridine rings is 1. The van der Waals surface area contributed by atoms with Gasteiger partial charge in [-0.3, -0.25) is 4.72 Å². The number of nitriles is 1. The molecule has 21 heavy (non-hydrogen) atoms. The molecule has 0 aliphatic carbocycles. The minimum Gasteiger partial charge on any atom is -0.506 e. The normalized spacial score (nSPS) is 10.7. The number of phenolic OH excluding ortho intramolecular Hbond substituents is 1. The molecule has 8 heteroatoms. The van der Waals surface area contributed by atoms with Crippen molar-refractivity contribution in [3.63, 3.8) is 0 Å². The highest BCUT2D eigenvalue weighted by molar-refractivity contribution is 7.92. The number of aromatic nitrogens is 1. The highest BCUT2D eigenvalue weighted by atomic mass is 32.2. The number of hydrogen-bond acceptors (Lipinski definition) is 6. The van der Waals surface area contributed by atoms with Gasteiger partial charge in [0, 0.05) is 6.20 Å². The third kappa shape index (κ3) is 2.88. The maximum Gasteiger partial charge on any atom is 0.265 e. The van der Waals surface area contributed by atoms with E-state index in [9.17, 15) is 13.5 Å². The number of methoxy groups -OCH3 is 1. The van der Waals surface area contributed by atoms with Crippen molar-refractivity contribution in [2.24, 2.45) is 0 Å². The zero-order valence-corrected chi connectivity index (χ0v) is 11.8. The topological polar surface area (TPSA) is 112 Å². The van der Waals surface area contributed by atoms with Gasteiger partial charge in [-0.1, -0.05) is 6.07 Å². The maximum absolute atomic E-state index is 12.3. The Bertz CT molecular complexity index is 812. The highest BCUT2D eigenvalue weighted by Crippen LogP contribution is 2.35. The summed E-state index contributed by atoms with van der Waals surface area (Å²) in [6, 6.07) is 8.67. The maximum atomic E-state index is 12.3. The van der Waals surface area contributed by atoms with Crippen LogP contribution in [0.25, 0.3) is 0 Å². The van der Waals surface area contributed by atoms with Crippen molar-refractivity contribution in [2.75, 3.05) is 11.8 Å². The van der Waals surface area contributed by atoms with E-state index < -0.39 is 10.0 Å². The van der Waals surface area contributed by atoms with Crippen LogP contribution in [-0.2, 0) is 10.0 Å². The molecule has 0 unspecified atom stereocenters. The number of anilines is 1. The van der Waals surface area contributed by atoms with Crippen molar-refractivity contribution < 1.29 is 18.3 Å². The van der Waals surface area contributed by atoms with Crippen LogP contribution in [0.2, 0.25) is 0 Å². The summed E-state index contributed by atoms with van der Waals surface area (Å²) >= 11 is 0. The molecule has 0 saturated carbocycles. The molecule has 2 N–H and O–H groups in total. The Kier molecular flexibility index (Phi) is 3.95. The summed E-state index contributed by atoms with van der Waals surface area (Å²) in [6.45, 7) is 0. The monoisotopic (exact) mass is 305 g/mol. The zero-order chi connectivity index (χ0) is 15.5. The second-order valence-corrected chi connectivity index (χ2v) is 5.57. The molecule has 7 nitrogen and oxygen atoms in total. The fourth-order valence-electron chi connectivity index (χ4n) is 1.67. The van der Waals surface area contributed by atoms with Crippen LogP contribution in [0.5, 0.6) is 11.5 Å². The predicted octanol–water partition coefficient (Wildman–Crippen LogP) is 1.47. The standard InChI is InChI=1S/C13H11N3O4S/c1-20-11-5-2-4-10(17)13(11)16-21(18,19)12-6-3-7-15-9(12)8-14/h2-7,16-17H,1H3. The second kappa shape index (κ2) is 5.68. The summed E-state index contributed by atoms with van der Waals surface area (Å²) in [7, 11) is -2.74. The van der Waals surface area contributed by atoms with Gasteiger partial charge in [-0.2, -0.15) is 5.26 Å². The third-order valence-corrected chi connectivity index (χ3v) is 4.01. The van der Waals surface area contributed by atoms with E-state index >= 15 is 0 Å². The lowest BCUT2D eigenvalue weighted by Gasteiger charge is -2.13. The highest BCUT2D eigenvalue weighted by Gasteiger charge is 2.22. The first-order valence-corrected chi connectivity index (χ1v) is 7.22. The molecule has 1 heterocycles. The molecule has 0 saturated heterocycles. The molecule has 0 aliphatic heterocycles. The number of aromatic hydroxyl groups is 1. The number of rotatable bonds is 4. The smallest absolute Gasteiger partial charge is 0.265 e. The minimum absolute atomic E-state index is 0.104. The van der Waals surface area contributed by atoms with Gasteiger partial charge in [0.05, 0.1) is 7.11 Å². The number of hydrogen-bond donors (Lipinski definition) is 2. The van der Waals surface area contributed by atoms with Crippen LogP contribution in [0, 0.1) is 11.3 Å². The Morgan fingerprint density at radius 2 is 2.10 bits per heavy atom.